The molecule has 0 fully saturated rings. The molecule has 0 N–H and O–H groups in total. The molecule has 0 amide bonds. The molecule has 1 heteroatoms. The van der Waals surface area contributed by atoms with Crippen LogP contribution in [0.15, 0.2) is 72.0 Å². The first-order valence-electron chi connectivity index (χ1n) is 9.21. The first kappa shape index (κ1) is 15.7. The maximum atomic E-state index is 2.54. The van der Waals surface area contributed by atoms with E-state index >= 15 is 0 Å². The van der Waals surface area contributed by atoms with Gasteiger partial charge in [0.25, 0.3) is 0 Å². The second kappa shape index (κ2) is 6.21. The second-order valence-electron chi connectivity index (χ2n) is 7.83. The summed E-state index contributed by atoms with van der Waals surface area (Å²) in [6.45, 7) is 5.09. The summed E-state index contributed by atoms with van der Waals surface area (Å²) >= 11 is 0. The van der Waals surface area contributed by atoms with Crippen LogP contribution in [0, 0.1) is 0 Å². The SMILES string of the molecule is C[Si](C)(CCCC1c2ccccc2-c2ccccc21)C1=CC=CC1. The Bertz CT molecular complexity index is 765. The molecule has 2 aliphatic rings. The lowest BCUT2D eigenvalue weighted by molar-refractivity contribution is 0.705. The van der Waals surface area contributed by atoms with Gasteiger partial charge >= 0.3 is 0 Å². The molecule has 2 aromatic carbocycles. The van der Waals surface area contributed by atoms with Crippen LogP contribution >= 0.6 is 0 Å². The summed E-state index contributed by atoms with van der Waals surface area (Å²) < 4.78 is 0. The van der Waals surface area contributed by atoms with E-state index in [0.29, 0.717) is 5.92 Å². The molecule has 24 heavy (non-hydrogen) atoms. The standard InChI is InChI=1S/C23H26Si/c1-24(2,18-10-3-4-11-18)17-9-16-23-21-14-7-5-12-19(21)20-13-6-8-15-22(20)23/h3-8,10,12-15,23H,9,11,16-17H2,1-2H3. The van der Waals surface area contributed by atoms with Gasteiger partial charge in [-0.05, 0) is 35.1 Å². The van der Waals surface area contributed by atoms with Crippen LogP contribution in [0.4, 0.5) is 0 Å². The van der Waals surface area contributed by atoms with E-state index in [9.17, 15) is 0 Å². The lowest BCUT2D eigenvalue weighted by atomic mass is 9.92. The third-order valence-corrected chi connectivity index (χ3v) is 9.61. The van der Waals surface area contributed by atoms with Gasteiger partial charge in [0.2, 0.25) is 0 Å². The van der Waals surface area contributed by atoms with Gasteiger partial charge in [-0.1, -0.05) is 97.5 Å². The van der Waals surface area contributed by atoms with E-state index in [4.69, 9.17) is 0 Å². The first-order chi connectivity index (χ1) is 11.7. The molecular weight excluding hydrogens is 304 g/mol. The Morgan fingerprint density at radius 2 is 1.54 bits per heavy atom. The zero-order valence-corrected chi connectivity index (χ0v) is 15.8. The van der Waals surface area contributed by atoms with Crippen LogP contribution in [0.25, 0.3) is 11.1 Å². The van der Waals surface area contributed by atoms with Gasteiger partial charge in [-0.25, -0.2) is 0 Å². The van der Waals surface area contributed by atoms with Gasteiger partial charge in [0, 0.05) is 5.92 Å². The fraction of sp³-hybridized carbons (Fsp3) is 0.304. The van der Waals surface area contributed by atoms with E-state index in [1.165, 1.54) is 36.4 Å². The normalized spacial score (nSPS) is 16.2. The summed E-state index contributed by atoms with van der Waals surface area (Å²) in [5, 5.41) is 1.73. The molecule has 0 saturated carbocycles. The van der Waals surface area contributed by atoms with Crippen LogP contribution in [0.2, 0.25) is 19.1 Å². The Balaban J connectivity index is 1.51. The molecule has 0 saturated heterocycles. The maximum Gasteiger partial charge on any atom is 0.0758 e. The third kappa shape index (κ3) is 2.71. The minimum absolute atomic E-state index is 0.595. The van der Waals surface area contributed by atoms with Crippen molar-refractivity contribution in [1.29, 1.82) is 0 Å². The molecule has 0 radical (unpaired) electrons. The number of allylic oxidation sites excluding steroid dienone is 4. The molecule has 0 spiro atoms. The zero-order valence-electron chi connectivity index (χ0n) is 14.8. The number of fused-ring (bicyclic) bond motifs is 3. The van der Waals surface area contributed by atoms with E-state index in [2.05, 4.69) is 79.9 Å². The topological polar surface area (TPSA) is 0 Å². The fourth-order valence-corrected chi connectivity index (χ4v) is 7.06. The van der Waals surface area contributed by atoms with Gasteiger partial charge in [0.05, 0.1) is 8.07 Å². The molecule has 0 unspecified atom stereocenters. The highest BCUT2D eigenvalue weighted by molar-refractivity contribution is 6.84. The highest BCUT2D eigenvalue weighted by Crippen LogP contribution is 2.47. The first-order valence-corrected chi connectivity index (χ1v) is 12.4. The van der Waals surface area contributed by atoms with Gasteiger partial charge in [0.1, 0.15) is 0 Å². The lowest BCUT2D eigenvalue weighted by Gasteiger charge is -2.25. The molecule has 0 bridgehead atoms. The predicted molar refractivity (Wildman–Crippen MR) is 107 cm³/mol. The summed E-state index contributed by atoms with van der Waals surface area (Å²) in [6, 6.07) is 19.4. The minimum atomic E-state index is -1.23. The molecule has 4 rings (SSSR count). The molecule has 0 aromatic heterocycles. The molecule has 0 aliphatic heterocycles. The molecule has 0 nitrogen and oxygen atoms in total. The van der Waals surface area contributed by atoms with Crippen molar-refractivity contribution in [2.45, 2.75) is 44.3 Å². The quantitative estimate of drug-likeness (QED) is 0.534. The number of rotatable bonds is 5. The van der Waals surface area contributed by atoms with E-state index in [0.717, 1.165) is 0 Å². The van der Waals surface area contributed by atoms with Gasteiger partial charge < -0.3 is 0 Å². The monoisotopic (exact) mass is 330 g/mol. The number of benzene rings is 2. The minimum Gasteiger partial charge on any atom is -0.0809 e. The van der Waals surface area contributed by atoms with Gasteiger partial charge in [-0.3, -0.25) is 0 Å². The van der Waals surface area contributed by atoms with Gasteiger partial charge in [0.15, 0.2) is 0 Å². The Hall–Kier alpha value is -1.86. The summed E-state index contributed by atoms with van der Waals surface area (Å²) in [6.07, 6.45) is 10.8. The smallest absolute Gasteiger partial charge is 0.0758 e. The predicted octanol–water partition coefficient (Wildman–Crippen LogP) is 6.71. The van der Waals surface area contributed by atoms with Gasteiger partial charge in [-0.2, -0.15) is 0 Å². The van der Waals surface area contributed by atoms with Crippen LogP contribution in [0.5, 0.6) is 0 Å². The average Bonchev–Trinajstić information content (AvgIpc) is 3.23. The number of hydrogen-bond acceptors (Lipinski definition) is 0. The lowest BCUT2D eigenvalue weighted by Crippen LogP contribution is -2.28. The maximum absolute atomic E-state index is 2.54. The van der Waals surface area contributed by atoms with E-state index in [1.807, 2.05) is 0 Å². The number of hydrogen-bond donors (Lipinski definition) is 0. The highest BCUT2D eigenvalue weighted by Gasteiger charge is 2.30. The van der Waals surface area contributed by atoms with Crippen molar-refractivity contribution in [1.82, 2.24) is 0 Å². The largest absolute Gasteiger partial charge is 0.0809 e. The highest BCUT2D eigenvalue weighted by atomic mass is 28.3. The van der Waals surface area contributed by atoms with Crippen molar-refractivity contribution in [3.63, 3.8) is 0 Å². The Morgan fingerprint density at radius 3 is 2.12 bits per heavy atom. The van der Waals surface area contributed by atoms with E-state index in [1.54, 1.807) is 16.3 Å². The Kier molecular flexibility index (Phi) is 4.05. The van der Waals surface area contributed by atoms with Crippen molar-refractivity contribution in [2.75, 3.05) is 0 Å². The van der Waals surface area contributed by atoms with Crippen LogP contribution in [0.1, 0.15) is 36.3 Å². The van der Waals surface area contributed by atoms with Crippen LogP contribution in [0.3, 0.4) is 0 Å². The summed E-state index contributed by atoms with van der Waals surface area (Å²) in [5.41, 5.74) is 5.99. The van der Waals surface area contributed by atoms with Crippen LogP contribution in [-0.4, -0.2) is 8.07 Å². The van der Waals surface area contributed by atoms with Crippen molar-refractivity contribution in [3.05, 3.63) is 83.1 Å². The zero-order chi connectivity index (χ0) is 16.6. The van der Waals surface area contributed by atoms with Crippen LogP contribution in [-0.2, 0) is 0 Å². The average molecular weight is 331 g/mol. The molecule has 0 heterocycles. The summed E-state index contributed by atoms with van der Waals surface area (Å²) in [4.78, 5) is 0. The van der Waals surface area contributed by atoms with Gasteiger partial charge in [-0.15, -0.1) is 0 Å². The molecular formula is C23H26Si. The van der Waals surface area contributed by atoms with Crippen LogP contribution < -0.4 is 0 Å². The molecule has 122 valence electrons. The van der Waals surface area contributed by atoms with E-state index < -0.39 is 8.07 Å². The van der Waals surface area contributed by atoms with Crippen molar-refractivity contribution in [3.8, 4) is 11.1 Å². The second-order valence-corrected chi connectivity index (χ2v) is 12.7. The Morgan fingerprint density at radius 1 is 0.917 bits per heavy atom. The summed E-state index contributed by atoms with van der Waals surface area (Å²) in [5.74, 6) is 0.595. The van der Waals surface area contributed by atoms with Crippen molar-refractivity contribution >= 4 is 8.07 Å². The Labute approximate surface area is 146 Å². The molecule has 2 aromatic rings. The van der Waals surface area contributed by atoms with Crippen molar-refractivity contribution < 1.29 is 0 Å². The van der Waals surface area contributed by atoms with E-state index in [-0.39, 0.29) is 0 Å². The third-order valence-electron chi connectivity index (χ3n) is 5.90. The molecule has 2 aliphatic carbocycles. The molecule has 0 atom stereocenters. The summed E-state index contributed by atoms with van der Waals surface area (Å²) in [7, 11) is -1.23. The fourth-order valence-electron chi connectivity index (χ4n) is 4.43. The van der Waals surface area contributed by atoms with Crippen molar-refractivity contribution in [2.24, 2.45) is 0 Å².